The summed E-state index contributed by atoms with van der Waals surface area (Å²) in [5.74, 6) is 0.207. The number of thiazole rings is 1. The smallest absolute Gasteiger partial charge is 0.318 e. The van der Waals surface area contributed by atoms with Crippen LogP contribution in [0, 0.1) is 20.2 Å². The number of hydrogen-bond donors (Lipinski definition) is 1. The fourth-order valence-electron chi connectivity index (χ4n) is 5.44. The van der Waals surface area contributed by atoms with Crippen molar-refractivity contribution in [2.75, 3.05) is 19.5 Å². The number of methoxy groups -OCH3 is 2. The van der Waals surface area contributed by atoms with Gasteiger partial charge >= 0.3 is 5.69 Å². The molecule has 0 saturated heterocycles. The lowest BCUT2D eigenvalue weighted by Gasteiger charge is -2.25. The molecule has 1 aliphatic rings. The summed E-state index contributed by atoms with van der Waals surface area (Å²) in [6.45, 7) is 1.73. The Labute approximate surface area is 287 Å². The normalized spacial score (nSPS) is 14.0. The van der Waals surface area contributed by atoms with Crippen LogP contribution in [-0.4, -0.2) is 34.5 Å². The number of hydrogen-bond acceptors (Lipinski definition) is 11. The third-order valence-corrected chi connectivity index (χ3v) is 8.75. The molecule has 1 N–H and O–H groups in total. The maximum absolute atomic E-state index is 14.2. The fraction of sp³-hybridized carbons (Fsp3) is 0.114. The predicted octanol–water partition coefficient (Wildman–Crippen LogP) is 5.50. The fourth-order valence-corrected chi connectivity index (χ4v) is 6.48. The second-order valence-corrected chi connectivity index (χ2v) is 11.9. The van der Waals surface area contributed by atoms with Gasteiger partial charge in [0.2, 0.25) is 5.75 Å². The number of nitro groups is 2. The largest absolute Gasteiger partial charge is 0.497 e. The summed E-state index contributed by atoms with van der Waals surface area (Å²) < 4.78 is 18.5. The summed E-state index contributed by atoms with van der Waals surface area (Å²) in [6, 6.07) is 23.1. The molecule has 0 fully saturated rings. The highest BCUT2D eigenvalue weighted by Gasteiger charge is 2.33. The number of carbonyl (C=O) groups excluding carboxylic acids is 1. The molecule has 1 amide bonds. The Kier molecular flexibility index (Phi) is 9.23. The predicted molar refractivity (Wildman–Crippen MR) is 185 cm³/mol. The van der Waals surface area contributed by atoms with Crippen LogP contribution in [0.2, 0.25) is 0 Å². The molecule has 50 heavy (non-hydrogen) atoms. The minimum Gasteiger partial charge on any atom is -0.497 e. The van der Waals surface area contributed by atoms with Crippen molar-refractivity contribution in [1.29, 1.82) is 0 Å². The minimum atomic E-state index is -0.824. The van der Waals surface area contributed by atoms with Gasteiger partial charge in [0.25, 0.3) is 17.2 Å². The second kappa shape index (κ2) is 13.9. The number of ether oxygens (including phenoxy) is 3. The lowest BCUT2D eigenvalue weighted by molar-refractivity contribution is -0.394. The molecule has 0 bridgehead atoms. The van der Waals surface area contributed by atoms with Crippen LogP contribution in [0.5, 0.6) is 23.0 Å². The number of anilines is 1. The zero-order chi connectivity index (χ0) is 35.5. The Morgan fingerprint density at radius 2 is 1.66 bits per heavy atom. The maximum atomic E-state index is 14.2. The van der Waals surface area contributed by atoms with Crippen LogP contribution in [0.4, 0.5) is 17.1 Å². The average Bonchev–Trinajstić information content (AvgIpc) is 3.41. The van der Waals surface area contributed by atoms with Gasteiger partial charge in [-0.25, -0.2) is 4.99 Å². The number of carbonyl (C=O) groups is 1. The molecule has 14 nitrogen and oxygen atoms in total. The molecule has 6 rings (SSSR count). The van der Waals surface area contributed by atoms with Crippen LogP contribution in [0.1, 0.15) is 24.1 Å². The topological polar surface area (TPSA) is 177 Å². The number of aromatic nitrogens is 1. The lowest BCUT2D eigenvalue weighted by atomic mass is 9.95. The molecule has 15 heteroatoms. The standard InChI is InChI=1S/C35H27N5O9S/c1-20-31(33(41)37-23-9-5-4-6-10-23)32(22-8-7-11-25(18-22)47-2)38-34(42)30(50-35(38)36-20)17-21-12-14-28(29(16-21)48-3)49-27-15-13-24(39(43)44)19-26(27)40(45)46/h4-19,32H,1-3H3,(H,37,41)/b30-17-/t32-/m0/s1. The van der Waals surface area contributed by atoms with Crippen molar-refractivity contribution >= 4 is 40.4 Å². The molecule has 0 saturated carbocycles. The lowest BCUT2D eigenvalue weighted by Crippen LogP contribution is -2.40. The summed E-state index contributed by atoms with van der Waals surface area (Å²) in [5.41, 5.74) is 1.07. The van der Waals surface area contributed by atoms with Gasteiger partial charge in [-0.1, -0.05) is 47.7 Å². The Hall–Kier alpha value is -6.61. The van der Waals surface area contributed by atoms with E-state index in [1.165, 1.54) is 24.9 Å². The van der Waals surface area contributed by atoms with Gasteiger partial charge in [0.05, 0.1) is 52.0 Å². The number of nitro benzene ring substituents is 2. The van der Waals surface area contributed by atoms with E-state index in [-0.39, 0.29) is 22.8 Å². The van der Waals surface area contributed by atoms with Crippen LogP contribution >= 0.6 is 11.3 Å². The Balaban J connectivity index is 1.41. The SMILES string of the molecule is COc1cccc([C@H]2C(C(=O)Nc3ccccc3)=C(C)N=c3s/c(=C\c4ccc(Oc5ccc([N+](=O)[O-])cc5[N+](=O)[O-])c(OC)c4)c(=O)n32)c1. The first-order chi connectivity index (χ1) is 24.1. The monoisotopic (exact) mass is 693 g/mol. The number of rotatable bonds is 10. The quantitative estimate of drug-likeness (QED) is 0.146. The van der Waals surface area contributed by atoms with Crippen LogP contribution in [0.15, 0.2) is 112 Å². The Morgan fingerprint density at radius 1 is 0.900 bits per heavy atom. The van der Waals surface area contributed by atoms with Crippen LogP contribution in [0.3, 0.4) is 0 Å². The van der Waals surface area contributed by atoms with E-state index in [0.717, 1.165) is 29.5 Å². The van der Waals surface area contributed by atoms with E-state index in [2.05, 4.69) is 10.3 Å². The third-order valence-electron chi connectivity index (χ3n) is 7.76. The van der Waals surface area contributed by atoms with E-state index in [0.29, 0.717) is 43.2 Å². The maximum Gasteiger partial charge on any atom is 0.318 e. The molecule has 252 valence electrons. The van der Waals surface area contributed by atoms with Crippen molar-refractivity contribution in [3.8, 4) is 23.0 Å². The summed E-state index contributed by atoms with van der Waals surface area (Å²) in [7, 11) is 2.91. The highest BCUT2D eigenvalue weighted by molar-refractivity contribution is 7.07. The van der Waals surface area contributed by atoms with E-state index < -0.39 is 33.2 Å². The van der Waals surface area contributed by atoms with Gasteiger partial charge in [0.15, 0.2) is 16.3 Å². The first kappa shape index (κ1) is 33.3. The number of allylic oxidation sites excluding steroid dienone is 1. The summed E-state index contributed by atoms with van der Waals surface area (Å²) >= 11 is 1.14. The van der Waals surface area contributed by atoms with Crippen molar-refractivity contribution in [3.63, 3.8) is 0 Å². The van der Waals surface area contributed by atoms with Crippen LogP contribution in [0.25, 0.3) is 6.08 Å². The van der Waals surface area contributed by atoms with Crippen LogP contribution < -0.4 is 34.4 Å². The van der Waals surface area contributed by atoms with Gasteiger partial charge in [-0.05, 0) is 66.6 Å². The van der Waals surface area contributed by atoms with Gasteiger partial charge in [-0.2, -0.15) is 0 Å². The van der Waals surface area contributed by atoms with Gasteiger partial charge in [0, 0.05) is 11.8 Å². The van der Waals surface area contributed by atoms with E-state index >= 15 is 0 Å². The van der Waals surface area contributed by atoms with Crippen molar-refractivity contribution in [1.82, 2.24) is 4.57 Å². The molecular weight excluding hydrogens is 666 g/mol. The average molecular weight is 694 g/mol. The van der Waals surface area contributed by atoms with Crippen molar-refractivity contribution in [3.05, 3.63) is 153 Å². The van der Waals surface area contributed by atoms with E-state index in [9.17, 15) is 29.8 Å². The van der Waals surface area contributed by atoms with E-state index in [1.807, 2.05) is 12.1 Å². The van der Waals surface area contributed by atoms with Gasteiger partial charge < -0.3 is 19.5 Å². The minimum absolute atomic E-state index is 0.103. The number of non-ortho nitro benzene ring substituents is 1. The van der Waals surface area contributed by atoms with Crippen LogP contribution in [-0.2, 0) is 4.79 Å². The Morgan fingerprint density at radius 3 is 2.36 bits per heavy atom. The van der Waals surface area contributed by atoms with E-state index in [4.69, 9.17) is 14.2 Å². The molecule has 1 aromatic heterocycles. The number of fused-ring (bicyclic) bond motifs is 1. The molecular formula is C35H27N5O9S. The number of amides is 1. The Bertz CT molecular complexity index is 2390. The summed E-state index contributed by atoms with van der Waals surface area (Å²) in [6.07, 6.45) is 1.64. The molecule has 2 heterocycles. The molecule has 0 radical (unpaired) electrons. The van der Waals surface area contributed by atoms with Crippen molar-refractivity contribution in [2.45, 2.75) is 13.0 Å². The molecule has 1 atom stereocenters. The van der Waals surface area contributed by atoms with Gasteiger partial charge in [-0.3, -0.25) is 34.4 Å². The highest BCUT2D eigenvalue weighted by atomic mass is 32.1. The molecule has 5 aromatic rings. The van der Waals surface area contributed by atoms with Crippen molar-refractivity contribution < 1.29 is 28.9 Å². The van der Waals surface area contributed by atoms with E-state index in [1.54, 1.807) is 67.6 Å². The van der Waals surface area contributed by atoms with Gasteiger partial charge in [-0.15, -0.1) is 0 Å². The molecule has 0 spiro atoms. The number of nitrogens with zero attached hydrogens (tertiary/aromatic N) is 4. The molecule has 0 unspecified atom stereocenters. The van der Waals surface area contributed by atoms with Crippen molar-refractivity contribution in [2.24, 2.45) is 4.99 Å². The summed E-state index contributed by atoms with van der Waals surface area (Å²) in [5, 5.41) is 25.7. The molecule has 0 aliphatic carbocycles. The first-order valence-electron chi connectivity index (χ1n) is 14.9. The number of para-hydroxylation sites is 1. The number of benzene rings is 4. The zero-order valence-electron chi connectivity index (χ0n) is 26.7. The summed E-state index contributed by atoms with van der Waals surface area (Å²) in [4.78, 5) is 54.3. The van der Waals surface area contributed by atoms with Gasteiger partial charge in [0.1, 0.15) is 5.75 Å². The zero-order valence-corrected chi connectivity index (χ0v) is 27.5. The first-order valence-corrected chi connectivity index (χ1v) is 15.7. The number of nitrogens with one attached hydrogen (secondary N) is 1. The second-order valence-electron chi connectivity index (χ2n) is 10.9. The third kappa shape index (κ3) is 6.57. The molecule has 1 aliphatic heterocycles. The molecule has 4 aromatic carbocycles. The highest BCUT2D eigenvalue weighted by Crippen LogP contribution is 2.38.